The van der Waals surface area contributed by atoms with E-state index >= 15 is 0 Å². The number of ether oxygens (including phenoxy) is 1. The molecular weight excluding hydrogens is 288 g/mol. The maximum absolute atomic E-state index is 12.0. The summed E-state index contributed by atoms with van der Waals surface area (Å²) in [5.41, 5.74) is 4.97. The Kier molecular flexibility index (Phi) is 3.75. The number of fused-ring (bicyclic) bond motifs is 3. The molecule has 2 aliphatic rings. The Bertz CT molecular complexity index is 677. The normalized spacial score (nSPS) is 19.2. The average Bonchev–Trinajstić information content (AvgIpc) is 3.19. The second-order valence-electron chi connectivity index (χ2n) is 6.16. The van der Waals surface area contributed by atoms with Crippen LogP contribution in [0.4, 0.5) is 4.79 Å². The summed E-state index contributed by atoms with van der Waals surface area (Å²) in [5, 5.41) is 6.16. The summed E-state index contributed by atoms with van der Waals surface area (Å²) in [5.74, 6) is 0.120. The van der Waals surface area contributed by atoms with E-state index in [1.54, 1.807) is 0 Å². The van der Waals surface area contributed by atoms with Crippen LogP contribution >= 0.6 is 0 Å². The van der Waals surface area contributed by atoms with Crippen LogP contribution < -0.4 is 10.6 Å². The lowest BCUT2D eigenvalue weighted by Gasteiger charge is -2.16. The molecule has 1 saturated heterocycles. The van der Waals surface area contributed by atoms with Crippen molar-refractivity contribution in [3.05, 3.63) is 59.7 Å². The van der Waals surface area contributed by atoms with Crippen molar-refractivity contribution in [2.75, 3.05) is 19.7 Å². The zero-order chi connectivity index (χ0) is 15.6. The fourth-order valence-electron chi connectivity index (χ4n) is 3.58. The van der Waals surface area contributed by atoms with E-state index in [2.05, 4.69) is 47.0 Å². The van der Waals surface area contributed by atoms with E-state index in [9.17, 15) is 4.79 Å². The Morgan fingerprint density at radius 1 is 1.09 bits per heavy atom. The number of hydrogen-bond donors (Lipinski definition) is 2. The van der Waals surface area contributed by atoms with Gasteiger partial charge in [0, 0.05) is 18.5 Å². The fourth-order valence-corrected chi connectivity index (χ4v) is 3.58. The smallest absolute Gasteiger partial charge is 0.407 e. The first-order valence-corrected chi connectivity index (χ1v) is 8.15. The van der Waals surface area contributed by atoms with E-state index in [1.165, 1.54) is 22.3 Å². The van der Waals surface area contributed by atoms with E-state index < -0.39 is 0 Å². The third-order valence-electron chi connectivity index (χ3n) is 4.73. The Morgan fingerprint density at radius 3 is 2.35 bits per heavy atom. The highest BCUT2D eigenvalue weighted by Gasteiger charge is 2.29. The molecule has 0 radical (unpaired) electrons. The highest BCUT2D eigenvalue weighted by molar-refractivity contribution is 5.79. The van der Waals surface area contributed by atoms with Gasteiger partial charge in [0.15, 0.2) is 0 Å². The number of amides is 1. The predicted octanol–water partition coefficient (Wildman–Crippen LogP) is 2.89. The lowest BCUT2D eigenvalue weighted by atomic mass is 9.98. The summed E-state index contributed by atoms with van der Waals surface area (Å²) in [6.45, 7) is 2.15. The average molecular weight is 308 g/mol. The molecule has 0 bridgehead atoms. The molecule has 1 fully saturated rings. The summed E-state index contributed by atoms with van der Waals surface area (Å²) >= 11 is 0. The van der Waals surface area contributed by atoms with Crippen molar-refractivity contribution in [2.24, 2.45) is 0 Å². The zero-order valence-electron chi connectivity index (χ0n) is 12.9. The van der Waals surface area contributed by atoms with E-state index in [-0.39, 0.29) is 18.1 Å². The van der Waals surface area contributed by atoms with Crippen LogP contribution in [0.5, 0.6) is 0 Å². The van der Waals surface area contributed by atoms with E-state index in [0.717, 1.165) is 19.5 Å². The molecule has 0 aromatic heterocycles. The summed E-state index contributed by atoms with van der Waals surface area (Å²) < 4.78 is 5.52. The van der Waals surface area contributed by atoms with Crippen LogP contribution in [0.2, 0.25) is 0 Å². The maximum atomic E-state index is 12.0. The van der Waals surface area contributed by atoms with Crippen molar-refractivity contribution in [3.8, 4) is 11.1 Å². The Balaban J connectivity index is 1.49. The molecule has 4 nitrogen and oxygen atoms in total. The number of carbonyl (C=O) groups excluding carboxylic acids is 1. The van der Waals surface area contributed by atoms with E-state index in [1.807, 2.05) is 12.1 Å². The van der Waals surface area contributed by atoms with Gasteiger partial charge in [-0.15, -0.1) is 0 Å². The van der Waals surface area contributed by atoms with Crippen LogP contribution in [0.1, 0.15) is 23.5 Å². The van der Waals surface area contributed by atoms with Crippen molar-refractivity contribution < 1.29 is 9.53 Å². The first-order chi connectivity index (χ1) is 11.3. The number of rotatable bonds is 3. The fraction of sp³-hybridized carbons (Fsp3) is 0.316. The molecule has 23 heavy (non-hydrogen) atoms. The van der Waals surface area contributed by atoms with Gasteiger partial charge in [-0.1, -0.05) is 48.5 Å². The van der Waals surface area contributed by atoms with Gasteiger partial charge in [0.05, 0.1) is 0 Å². The van der Waals surface area contributed by atoms with Crippen LogP contribution in [-0.2, 0) is 4.74 Å². The van der Waals surface area contributed by atoms with Crippen molar-refractivity contribution in [1.29, 1.82) is 0 Å². The van der Waals surface area contributed by atoms with Gasteiger partial charge in [0.2, 0.25) is 0 Å². The van der Waals surface area contributed by atoms with Crippen molar-refractivity contribution >= 4 is 6.09 Å². The van der Waals surface area contributed by atoms with Gasteiger partial charge >= 0.3 is 6.09 Å². The topological polar surface area (TPSA) is 50.4 Å². The van der Waals surface area contributed by atoms with Crippen molar-refractivity contribution in [2.45, 2.75) is 18.4 Å². The largest absolute Gasteiger partial charge is 0.449 e. The third-order valence-corrected chi connectivity index (χ3v) is 4.73. The molecule has 2 aromatic carbocycles. The Morgan fingerprint density at radius 2 is 1.74 bits per heavy atom. The minimum absolute atomic E-state index is 0.120. The van der Waals surface area contributed by atoms with E-state index in [4.69, 9.17) is 4.74 Å². The number of benzene rings is 2. The van der Waals surface area contributed by atoms with Crippen LogP contribution in [0, 0.1) is 0 Å². The molecule has 0 saturated carbocycles. The first-order valence-electron chi connectivity index (χ1n) is 8.15. The summed E-state index contributed by atoms with van der Waals surface area (Å²) in [7, 11) is 0. The molecule has 1 aliphatic heterocycles. The van der Waals surface area contributed by atoms with Crippen LogP contribution in [0.25, 0.3) is 11.1 Å². The summed E-state index contributed by atoms with van der Waals surface area (Å²) in [4.78, 5) is 12.0. The summed E-state index contributed by atoms with van der Waals surface area (Å²) in [6, 6.07) is 16.9. The van der Waals surface area contributed by atoms with Crippen molar-refractivity contribution in [3.63, 3.8) is 0 Å². The minimum atomic E-state index is -0.319. The number of carbonyl (C=O) groups is 1. The predicted molar refractivity (Wildman–Crippen MR) is 89.5 cm³/mol. The zero-order valence-corrected chi connectivity index (χ0v) is 12.9. The summed E-state index contributed by atoms with van der Waals surface area (Å²) in [6.07, 6.45) is 0.644. The standard InChI is InChI=1S/C19H20N2O2/c22-19(21-13-9-10-20-11-13)23-12-18-16-7-3-1-5-14(16)15-6-2-4-8-17(15)18/h1-8,13,18,20H,9-12H2,(H,21,22)/t13-/m1/s1. The molecule has 1 amide bonds. The van der Waals surface area contributed by atoms with Gasteiger partial charge in [-0.05, 0) is 35.2 Å². The van der Waals surface area contributed by atoms with Gasteiger partial charge in [-0.25, -0.2) is 4.79 Å². The monoisotopic (exact) mass is 308 g/mol. The Labute approximate surface area is 135 Å². The van der Waals surface area contributed by atoms with Gasteiger partial charge in [0.1, 0.15) is 6.61 Å². The van der Waals surface area contributed by atoms with E-state index in [0.29, 0.717) is 6.61 Å². The highest BCUT2D eigenvalue weighted by atomic mass is 16.5. The van der Waals surface area contributed by atoms with Crippen molar-refractivity contribution in [1.82, 2.24) is 10.6 Å². The third kappa shape index (κ3) is 2.70. The molecule has 2 aromatic rings. The van der Waals surface area contributed by atoms with Gasteiger partial charge < -0.3 is 15.4 Å². The van der Waals surface area contributed by atoms with Crippen LogP contribution in [0.15, 0.2) is 48.5 Å². The molecule has 0 unspecified atom stereocenters. The number of alkyl carbamates (subject to hydrolysis) is 1. The van der Waals surface area contributed by atoms with Crippen LogP contribution in [0.3, 0.4) is 0 Å². The molecule has 118 valence electrons. The lowest BCUT2D eigenvalue weighted by Crippen LogP contribution is -2.37. The van der Waals surface area contributed by atoms with Gasteiger partial charge in [-0.3, -0.25) is 0 Å². The maximum Gasteiger partial charge on any atom is 0.407 e. The molecule has 2 N–H and O–H groups in total. The molecule has 1 heterocycles. The van der Waals surface area contributed by atoms with Gasteiger partial charge in [-0.2, -0.15) is 0 Å². The second-order valence-corrected chi connectivity index (χ2v) is 6.16. The molecule has 4 heteroatoms. The van der Waals surface area contributed by atoms with Gasteiger partial charge in [0.25, 0.3) is 0 Å². The Hall–Kier alpha value is -2.33. The molecule has 1 atom stereocenters. The first kappa shape index (κ1) is 14.3. The number of hydrogen-bond acceptors (Lipinski definition) is 3. The minimum Gasteiger partial charge on any atom is -0.449 e. The second kappa shape index (κ2) is 6.05. The molecule has 4 rings (SSSR count). The number of nitrogens with one attached hydrogen (secondary N) is 2. The lowest BCUT2D eigenvalue weighted by molar-refractivity contribution is 0.139. The SMILES string of the molecule is O=C(N[C@@H]1CCNC1)OCC1c2ccccc2-c2ccccc21. The molecular formula is C19H20N2O2. The van der Waals surface area contributed by atoms with Crippen LogP contribution in [-0.4, -0.2) is 31.8 Å². The highest BCUT2D eigenvalue weighted by Crippen LogP contribution is 2.44. The molecule has 0 spiro atoms. The molecule has 1 aliphatic carbocycles. The quantitative estimate of drug-likeness (QED) is 0.916.